The highest BCUT2D eigenvalue weighted by atomic mass is 127. The quantitative estimate of drug-likeness (QED) is 0.454. The number of benzene rings is 1. The Balaban J connectivity index is 0.00000161. The minimum Gasteiger partial charge on any atom is -0.370 e. The highest BCUT2D eigenvalue weighted by Gasteiger charge is 2.54. The standard InChI is InChI=1S/C17H25N3.HI/c1-11(2)7-8-19-17(18)20-10-15-14-9-12-5-3-4-6-13(12)16(14)15;/h3-6,11,14-16H,7-10H2,1-2H3,(H3,18,19,20);1H. The summed E-state index contributed by atoms with van der Waals surface area (Å²) in [7, 11) is 0. The molecule has 0 spiro atoms. The van der Waals surface area contributed by atoms with Gasteiger partial charge in [0.25, 0.3) is 0 Å². The van der Waals surface area contributed by atoms with Gasteiger partial charge in [0.05, 0.1) is 0 Å². The van der Waals surface area contributed by atoms with Gasteiger partial charge in [-0.25, -0.2) is 0 Å². The van der Waals surface area contributed by atoms with Crippen molar-refractivity contribution in [3.8, 4) is 0 Å². The lowest BCUT2D eigenvalue weighted by Gasteiger charge is -2.08. The molecule has 2 aliphatic rings. The molecule has 0 aromatic heterocycles. The Morgan fingerprint density at radius 3 is 2.90 bits per heavy atom. The number of nitrogens with zero attached hydrogens (tertiary/aromatic N) is 1. The molecule has 21 heavy (non-hydrogen) atoms. The molecule has 3 unspecified atom stereocenters. The fourth-order valence-corrected chi connectivity index (χ4v) is 3.48. The van der Waals surface area contributed by atoms with E-state index in [1.165, 1.54) is 6.42 Å². The highest BCUT2D eigenvalue weighted by molar-refractivity contribution is 14.0. The molecule has 2 aliphatic carbocycles. The smallest absolute Gasteiger partial charge is 0.188 e. The van der Waals surface area contributed by atoms with Crippen molar-refractivity contribution in [3.05, 3.63) is 35.4 Å². The van der Waals surface area contributed by atoms with Crippen molar-refractivity contribution in [1.82, 2.24) is 5.32 Å². The lowest BCUT2D eigenvalue weighted by Crippen LogP contribution is -2.33. The zero-order valence-electron chi connectivity index (χ0n) is 12.9. The van der Waals surface area contributed by atoms with Crippen LogP contribution in [0, 0.1) is 17.8 Å². The van der Waals surface area contributed by atoms with Crippen molar-refractivity contribution in [3.63, 3.8) is 0 Å². The molecule has 1 aromatic carbocycles. The van der Waals surface area contributed by atoms with E-state index in [0.29, 0.717) is 11.9 Å². The molecule has 0 amide bonds. The van der Waals surface area contributed by atoms with Crippen LogP contribution in [0.3, 0.4) is 0 Å². The number of aliphatic imine (C=N–C) groups is 1. The highest BCUT2D eigenvalue weighted by Crippen LogP contribution is 2.61. The van der Waals surface area contributed by atoms with Gasteiger partial charge < -0.3 is 11.1 Å². The summed E-state index contributed by atoms with van der Waals surface area (Å²) in [5.41, 5.74) is 9.03. The normalized spacial score (nSPS) is 26.0. The fraction of sp³-hybridized carbons (Fsp3) is 0.588. The number of nitrogens with one attached hydrogen (secondary N) is 1. The average molecular weight is 399 g/mol. The molecule has 0 aliphatic heterocycles. The summed E-state index contributed by atoms with van der Waals surface area (Å²) in [6.07, 6.45) is 2.37. The zero-order chi connectivity index (χ0) is 14.1. The maximum Gasteiger partial charge on any atom is 0.188 e. The maximum absolute atomic E-state index is 5.92. The predicted molar refractivity (Wildman–Crippen MR) is 99.2 cm³/mol. The summed E-state index contributed by atoms with van der Waals surface area (Å²) >= 11 is 0. The summed E-state index contributed by atoms with van der Waals surface area (Å²) < 4.78 is 0. The first kappa shape index (κ1) is 16.6. The second-order valence-corrected chi connectivity index (χ2v) is 6.59. The molecular weight excluding hydrogens is 373 g/mol. The predicted octanol–water partition coefficient (Wildman–Crippen LogP) is 3.14. The summed E-state index contributed by atoms with van der Waals surface area (Å²) in [6, 6.07) is 8.85. The van der Waals surface area contributed by atoms with Gasteiger partial charge in [0.2, 0.25) is 0 Å². The van der Waals surface area contributed by atoms with Gasteiger partial charge in [-0.3, -0.25) is 4.99 Å². The van der Waals surface area contributed by atoms with Crippen LogP contribution in [0.15, 0.2) is 29.3 Å². The van der Waals surface area contributed by atoms with Crippen LogP contribution in [-0.4, -0.2) is 19.0 Å². The lowest BCUT2D eigenvalue weighted by molar-refractivity contribution is 0.576. The van der Waals surface area contributed by atoms with Crippen molar-refractivity contribution in [2.24, 2.45) is 28.5 Å². The lowest BCUT2D eigenvalue weighted by atomic mass is 10.0. The van der Waals surface area contributed by atoms with E-state index < -0.39 is 0 Å². The molecule has 4 heteroatoms. The molecule has 1 fully saturated rings. The van der Waals surface area contributed by atoms with Crippen molar-refractivity contribution in [1.29, 1.82) is 0 Å². The number of nitrogens with two attached hydrogens (primary N) is 1. The average Bonchev–Trinajstić information content (AvgIpc) is 2.95. The summed E-state index contributed by atoms with van der Waals surface area (Å²) in [5.74, 6) is 3.60. The monoisotopic (exact) mass is 399 g/mol. The second kappa shape index (κ2) is 6.99. The molecule has 1 saturated carbocycles. The first-order chi connectivity index (χ1) is 9.66. The van der Waals surface area contributed by atoms with Crippen molar-refractivity contribution in [2.75, 3.05) is 13.1 Å². The molecular formula is C17H26IN3. The molecule has 1 aromatic rings. The SMILES string of the molecule is CC(C)CCNC(N)=NCC1C2Cc3ccccc3C12.I. The summed E-state index contributed by atoms with van der Waals surface area (Å²) in [6.45, 7) is 6.24. The third kappa shape index (κ3) is 3.71. The first-order valence-electron chi connectivity index (χ1n) is 7.78. The largest absolute Gasteiger partial charge is 0.370 e. The molecule has 116 valence electrons. The number of guanidine groups is 1. The Labute approximate surface area is 144 Å². The van der Waals surface area contributed by atoms with Crippen molar-refractivity contribution >= 4 is 29.9 Å². The maximum atomic E-state index is 5.92. The van der Waals surface area contributed by atoms with Crippen LogP contribution < -0.4 is 11.1 Å². The Kier molecular flexibility index (Phi) is 5.52. The molecule has 3 N–H and O–H groups in total. The topological polar surface area (TPSA) is 50.4 Å². The van der Waals surface area contributed by atoms with Gasteiger partial charge in [-0.15, -0.1) is 24.0 Å². The van der Waals surface area contributed by atoms with E-state index in [1.807, 2.05) is 0 Å². The van der Waals surface area contributed by atoms with Crippen molar-refractivity contribution < 1.29 is 0 Å². The number of hydrogen-bond donors (Lipinski definition) is 2. The first-order valence-corrected chi connectivity index (χ1v) is 7.78. The van der Waals surface area contributed by atoms with Gasteiger partial charge in [-0.05, 0) is 47.6 Å². The van der Waals surface area contributed by atoms with Gasteiger partial charge in [0, 0.05) is 13.1 Å². The molecule has 0 bridgehead atoms. The molecule has 3 rings (SSSR count). The number of fused-ring (bicyclic) bond motifs is 3. The minimum absolute atomic E-state index is 0. The Hall–Kier alpha value is -0.780. The van der Waals surface area contributed by atoms with Crippen LogP contribution in [0.2, 0.25) is 0 Å². The molecule has 3 atom stereocenters. The minimum atomic E-state index is 0. The Morgan fingerprint density at radius 1 is 1.38 bits per heavy atom. The van der Waals surface area contributed by atoms with E-state index >= 15 is 0 Å². The molecule has 0 radical (unpaired) electrons. The van der Waals surface area contributed by atoms with Gasteiger partial charge in [-0.1, -0.05) is 38.1 Å². The van der Waals surface area contributed by atoms with Crippen LogP contribution >= 0.6 is 24.0 Å². The van der Waals surface area contributed by atoms with Gasteiger partial charge >= 0.3 is 0 Å². The van der Waals surface area contributed by atoms with Crippen LogP contribution in [-0.2, 0) is 6.42 Å². The number of rotatable bonds is 5. The van der Waals surface area contributed by atoms with E-state index in [-0.39, 0.29) is 24.0 Å². The third-order valence-electron chi connectivity index (χ3n) is 4.70. The van der Waals surface area contributed by atoms with E-state index in [2.05, 4.69) is 48.4 Å². The number of hydrogen-bond acceptors (Lipinski definition) is 1. The van der Waals surface area contributed by atoms with Gasteiger partial charge in [-0.2, -0.15) is 0 Å². The third-order valence-corrected chi connectivity index (χ3v) is 4.70. The Morgan fingerprint density at radius 2 is 2.14 bits per heavy atom. The van der Waals surface area contributed by atoms with E-state index in [4.69, 9.17) is 5.73 Å². The van der Waals surface area contributed by atoms with Crippen LogP contribution in [0.4, 0.5) is 0 Å². The van der Waals surface area contributed by atoms with Crippen molar-refractivity contribution in [2.45, 2.75) is 32.6 Å². The molecule has 0 saturated heterocycles. The van der Waals surface area contributed by atoms with E-state index in [0.717, 1.165) is 37.3 Å². The van der Waals surface area contributed by atoms with Crippen LogP contribution in [0.25, 0.3) is 0 Å². The zero-order valence-corrected chi connectivity index (χ0v) is 15.2. The Bertz CT molecular complexity index is 513. The summed E-state index contributed by atoms with van der Waals surface area (Å²) in [4.78, 5) is 4.52. The van der Waals surface area contributed by atoms with Crippen LogP contribution in [0.1, 0.15) is 37.3 Å². The number of halogens is 1. The van der Waals surface area contributed by atoms with Crippen LogP contribution in [0.5, 0.6) is 0 Å². The molecule has 3 nitrogen and oxygen atoms in total. The van der Waals surface area contributed by atoms with E-state index in [1.54, 1.807) is 11.1 Å². The fourth-order valence-electron chi connectivity index (χ4n) is 3.48. The second-order valence-electron chi connectivity index (χ2n) is 6.59. The molecule has 0 heterocycles. The van der Waals surface area contributed by atoms with Gasteiger partial charge in [0.15, 0.2) is 5.96 Å². The van der Waals surface area contributed by atoms with E-state index in [9.17, 15) is 0 Å². The van der Waals surface area contributed by atoms with Gasteiger partial charge in [0.1, 0.15) is 0 Å². The summed E-state index contributed by atoms with van der Waals surface area (Å²) in [5, 5.41) is 3.21.